The zero-order valence-corrected chi connectivity index (χ0v) is 10.3. The molecule has 1 heterocycles. The van der Waals surface area contributed by atoms with Crippen LogP contribution in [-0.2, 0) is 9.53 Å². The van der Waals surface area contributed by atoms with Crippen molar-refractivity contribution >= 4 is 12.0 Å². The Labute approximate surface area is 107 Å². The summed E-state index contributed by atoms with van der Waals surface area (Å²) in [4.78, 5) is 23.8. The fourth-order valence-corrected chi connectivity index (χ4v) is 1.75. The quantitative estimate of drug-likeness (QED) is 0.756. The third kappa shape index (κ3) is 4.58. The van der Waals surface area contributed by atoms with E-state index in [1.807, 2.05) is 0 Å². The average Bonchev–Trinajstić information content (AvgIpc) is 2.67. The lowest BCUT2D eigenvalue weighted by Crippen LogP contribution is -2.42. The van der Waals surface area contributed by atoms with Gasteiger partial charge < -0.3 is 15.3 Å². The van der Waals surface area contributed by atoms with Crippen molar-refractivity contribution in [3.63, 3.8) is 0 Å². The highest BCUT2D eigenvalue weighted by molar-refractivity contribution is 5.79. The van der Waals surface area contributed by atoms with E-state index in [4.69, 9.17) is 5.11 Å². The van der Waals surface area contributed by atoms with Crippen molar-refractivity contribution in [1.82, 2.24) is 10.2 Å². The Morgan fingerprint density at radius 3 is 2.58 bits per heavy atom. The summed E-state index contributed by atoms with van der Waals surface area (Å²) in [5.41, 5.74) is -1.00. The van der Waals surface area contributed by atoms with Crippen molar-refractivity contribution in [3.05, 3.63) is 0 Å². The van der Waals surface area contributed by atoms with Gasteiger partial charge in [0.2, 0.25) is 0 Å². The summed E-state index contributed by atoms with van der Waals surface area (Å²) in [6, 6.07) is -0.587. The van der Waals surface area contributed by atoms with Crippen LogP contribution >= 0.6 is 0 Å². The van der Waals surface area contributed by atoms with Crippen LogP contribution in [0.3, 0.4) is 0 Å². The van der Waals surface area contributed by atoms with Crippen molar-refractivity contribution < 1.29 is 32.6 Å². The van der Waals surface area contributed by atoms with Gasteiger partial charge in [-0.1, -0.05) is 0 Å². The van der Waals surface area contributed by atoms with Gasteiger partial charge in [0.05, 0.1) is 12.0 Å². The number of rotatable bonds is 4. The lowest BCUT2D eigenvalue weighted by Gasteiger charge is -2.20. The Kier molecular flexibility index (Phi) is 4.61. The number of carboxylic acids is 1. The number of alkyl halides is 3. The molecule has 0 radical (unpaired) electrons. The Morgan fingerprint density at radius 1 is 1.47 bits per heavy atom. The van der Waals surface area contributed by atoms with Gasteiger partial charge in [-0.05, 0) is 13.3 Å². The predicted molar refractivity (Wildman–Crippen MR) is 57.3 cm³/mol. The molecule has 6 nitrogen and oxygen atoms in total. The lowest BCUT2D eigenvalue weighted by molar-refractivity contribution is -0.323. The SMILES string of the molecule is CC1(C(=O)O)CCN(C(=O)NCCOC(F)(F)F)C1. The number of ether oxygens (including phenoxy) is 1. The van der Waals surface area contributed by atoms with Gasteiger partial charge in [0, 0.05) is 19.6 Å². The molecule has 0 aromatic rings. The molecule has 1 unspecified atom stereocenters. The van der Waals surface area contributed by atoms with Crippen LogP contribution in [0.5, 0.6) is 0 Å². The van der Waals surface area contributed by atoms with Crippen molar-refractivity contribution in [2.45, 2.75) is 19.7 Å². The Hall–Kier alpha value is -1.51. The minimum absolute atomic E-state index is 0.0360. The second-order valence-corrected chi connectivity index (χ2v) is 4.56. The molecule has 110 valence electrons. The Balaban J connectivity index is 2.31. The smallest absolute Gasteiger partial charge is 0.481 e. The van der Waals surface area contributed by atoms with E-state index in [0.29, 0.717) is 6.42 Å². The first kappa shape index (κ1) is 15.5. The van der Waals surface area contributed by atoms with Gasteiger partial charge in [-0.2, -0.15) is 0 Å². The first-order valence-electron chi connectivity index (χ1n) is 5.61. The molecule has 1 aliphatic rings. The fraction of sp³-hybridized carbons (Fsp3) is 0.800. The summed E-state index contributed by atoms with van der Waals surface area (Å²) in [6.45, 7) is 0.844. The van der Waals surface area contributed by atoms with Crippen molar-refractivity contribution in [1.29, 1.82) is 0 Å². The molecule has 0 bridgehead atoms. The molecule has 0 saturated carbocycles. The maximum absolute atomic E-state index is 11.7. The highest BCUT2D eigenvalue weighted by Crippen LogP contribution is 2.29. The van der Waals surface area contributed by atoms with E-state index in [2.05, 4.69) is 10.1 Å². The standard InChI is InChI=1S/C10H15F3N2O4/c1-9(7(16)17)2-4-15(6-9)8(18)14-3-5-19-10(11,12)13/h2-6H2,1H3,(H,14,18)(H,16,17). The summed E-state index contributed by atoms with van der Waals surface area (Å²) in [7, 11) is 0. The number of hydrogen-bond acceptors (Lipinski definition) is 3. The van der Waals surface area contributed by atoms with Gasteiger partial charge in [0.15, 0.2) is 0 Å². The van der Waals surface area contributed by atoms with E-state index >= 15 is 0 Å². The first-order valence-corrected chi connectivity index (χ1v) is 5.61. The molecule has 9 heteroatoms. The zero-order valence-electron chi connectivity index (χ0n) is 10.3. The van der Waals surface area contributed by atoms with E-state index in [9.17, 15) is 22.8 Å². The maximum Gasteiger partial charge on any atom is 0.522 e. The van der Waals surface area contributed by atoms with Crippen molar-refractivity contribution in [2.24, 2.45) is 5.41 Å². The molecule has 2 amide bonds. The summed E-state index contributed by atoms with van der Waals surface area (Å²) in [6.07, 6.45) is -4.41. The number of aliphatic carboxylic acids is 1. The summed E-state index contributed by atoms with van der Waals surface area (Å²) in [5.74, 6) is -0.997. The molecule has 0 aromatic carbocycles. The number of hydrogen-bond donors (Lipinski definition) is 2. The monoisotopic (exact) mass is 284 g/mol. The van der Waals surface area contributed by atoms with Crippen LogP contribution in [0.2, 0.25) is 0 Å². The topological polar surface area (TPSA) is 78.9 Å². The van der Waals surface area contributed by atoms with Crippen LogP contribution in [0.1, 0.15) is 13.3 Å². The molecule has 0 spiro atoms. The minimum atomic E-state index is -4.72. The number of likely N-dealkylation sites (tertiary alicyclic amines) is 1. The average molecular weight is 284 g/mol. The number of amides is 2. The van der Waals surface area contributed by atoms with Crippen molar-refractivity contribution in [3.8, 4) is 0 Å². The predicted octanol–water partition coefficient (Wildman–Crippen LogP) is 1.03. The largest absolute Gasteiger partial charge is 0.522 e. The summed E-state index contributed by atoms with van der Waals surface area (Å²) >= 11 is 0. The lowest BCUT2D eigenvalue weighted by atomic mass is 9.90. The number of halogens is 3. The first-order chi connectivity index (χ1) is 8.64. The van der Waals surface area contributed by atoms with E-state index in [1.54, 1.807) is 0 Å². The molecule has 0 aromatic heterocycles. The summed E-state index contributed by atoms with van der Waals surface area (Å²) in [5, 5.41) is 11.2. The molecule has 1 saturated heterocycles. The molecular formula is C10H15F3N2O4. The van der Waals surface area contributed by atoms with Gasteiger partial charge >= 0.3 is 18.4 Å². The zero-order chi connectivity index (χ0) is 14.7. The number of carboxylic acid groups (broad SMARTS) is 1. The highest BCUT2D eigenvalue weighted by atomic mass is 19.4. The third-order valence-electron chi connectivity index (χ3n) is 2.92. The number of nitrogens with zero attached hydrogens (tertiary/aromatic N) is 1. The molecular weight excluding hydrogens is 269 g/mol. The van der Waals surface area contributed by atoms with Crippen LogP contribution in [0, 0.1) is 5.41 Å². The van der Waals surface area contributed by atoms with Crippen LogP contribution < -0.4 is 5.32 Å². The third-order valence-corrected chi connectivity index (χ3v) is 2.92. The molecule has 1 atom stereocenters. The van der Waals surface area contributed by atoms with Crippen LogP contribution in [0.4, 0.5) is 18.0 Å². The molecule has 2 N–H and O–H groups in total. The van der Waals surface area contributed by atoms with Crippen LogP contribution in [0.25, 0.3) is 0 Å². The van der Waals surface area contributed by atoms with E-state index in [-0.39, 0.29) is 19.6 Å². The van der Waals surface area contributed by atoms with Gasteiger partial charge in [0.1, 0.15) is 0 Å². The number of nitrogens with one attached hydrogen (secondary N) is 1. The summed E-state index contributed by atoms with van der Waals surface area (Å²) < 4.78 is 38.5. The molecule has 19 heavy (non-hydrogen) atoms. The van der Waals surface area contributed by atoms with Crippen molar-refractivity contribution in [2.75, 3.05) is 26.2 Å². The number of urea groups is 1. The minimum Gasteiger partial charge on any atom is -0.481 e. The van der Waals surface area contributed by atoms with E-state index in [0.717, 1.165) is 0 Å². The molecule has 1 fully saturated rings. The van der Waals surface area contributed by atoms with Gasteiger partial charge in [-0.15, -0.1) is 13.2 Å². The molecule has 1 aliphatic heterocycles. The second-order valence-electron chi connectivity index (χ2n) is 4.56. The van der Waals surface area contributed by atoms with Gasteiger partial charge in [0.25, 0.3) is 0 Å². The maximum atomic E-state index is 11.7. The van der Waals surface area contributed by atoms with E-state index < -0.39 is 30.4 Å². The normalized spacial score (nSPS) is 23.5. The van der Waals surface area contributed by atoms with Gasteiger partial charge in [-0.3, -0.25) is 9.53 Å². The molecule has 0 aliphatic carbocycles. The second kappa shape index (κ2) is 5.64. The van der Waals surface area contributed by atoms with Gasteiger partial charge in [-0.25, -0.2) is 4.79 Å². The molecule has 1 rings (SSSR count). The Bertz CT molecular complexity index is 361. The fourth-order valence-electron chi connectivity index (χ4n) is 1.75. The highest BCUT2D eigenvalue weighted by Gasteiger charge is 2.42. The van der Waals surface area contributed by atoms with Crippen LogP contribution in [-0.4, -0.2) is 54.6 Å². The van der Waals surface area contributed by atoms with E-state index in [1.165, 1.54) is 11.8 Å². The van der Waals surface area contributed by atoms with Crippen LogP contribution in [0.15, 0.2) is 0 Å². The number of carbonyl (C=O) groups is 2. The number of carbonyl (C=O) groups excluding carboxylic acids is 1. The Morgan fingerprint density at radius 2 is 2.11 bits per heavy atom.